The molecular weight excluding hydrogens is 751 g/mol. The van der Waals surface area contributed by atoms with Crippen molar-refractivity contribution in [2.45, 2.75) is 19.3 Å². The Kier molecular flexibility index (Phi) is 7.36. The number of nitrogens with zero attached hydrogens (tertiary/aromatic N) is 3. The second kappa shape index (κ2) is 13.1. The number of hydrogen-bond donors (Lipinski definition) is 0. The van der Waals surface area contributed by atoms with Crippen molar-refractivity contribution in [3.63, 3.8) is 0 Å². The second-order valence-electron chi connectivity index (χ2n) is 17.3. The highest BCUT2D eigenvalue weighted by molar-refractivity contribution is 6.26. The minimum Gasteiger partial charge on any atom is -0.309 e. The molecule has 0 aliphatic heterocycles. The van der Waals surface area contributed by atoms with Crippen LogP contribution in [0.4, 0.5) is 0 Å². The molecule has 1 aliphatic carbocycles. The molecule has 2 heterocycles. The van der Waals surface area contributed by atoms with E-state index in [0.717, 1.165) is 33.8 Å². The molecule has 0 bridgehead atoms. The predicted molar refractivity (Wildman–Crippen MR) is 260 cm³/mol. The molecule has 3 heteroatoms. The Morgan fingerprint density at radius 3 is 1.53 bits per heavy atom. The van der Waals surface area contributed by atoms with Gasteiger partial charge in [0.1, 0.15) is 0 Å². The molecule has 0 radical (unpaired) electrons. The van der Waals surface area contributed by atoms with E-state index in [1.54, 1.807) is 0 Å². The lowest BCUT2D eigenvalue weighted by Crippen LogP contribution is -2.15. The Morgan fingerprint density at radius 1 is 0.371 bits per heavy atom. The minimum atomic E-state index is -0.232. The van der Waals surface area contributed by atoms with Crippen molar-refractivity contribution in [2.24, 2.45) is 0 Å². The van der Waals surface area contributed by atoms with Gasteiger partial charge in [-0.2, -0.15) is 0 Å². The van der Waals surface area contributed by atoms with Gasteiger partial charge in [-0.25, -0.2) is 9.97 Å². The van der Waals surface area contributed by atoms with Crippen molar-refractivity contribution in [3.8, 4) is 50.7 Å². The molecule has 0 unspecified atom stereocenters. The summed E-state index contributed by atoms with van der Waals surface area (Å²) in [6, 6.07) is 72.9. The van der Waals surface area contributed by atoms with Crippen LogP contribution in [0.5, 0.6) is 0 Å². The number of hydrogen-bond acceptors (Lipinski definition) is 2. The summed E-state index contributed by atoms with van der Waals surface area (Å²) < 4.78 is 2.49. The number of fused-ring (bicyclic) bond motifs is 14. The molecule has 10 aromatic carbocycles. The van der Waals surface area contributed by atoms with E-state index in [1.807, 2.05) is 12.1 Å². The Balaban J connectivity index is 1.07. The zero-order chi connectivity index (χ0) is 41.1. The van der Waals surface area contributed by atoms with Crippen LogP contribution in [0.2, 0.25) is 0 Å². The topological polar surface area (TPSA) is 30.7 Å². The first-order valence-corrected chi connectivity index (χ1v) is 21.5. The zero-order valence-corrected chi connectivity index (χ0v) is 34.4. The fraction of sp³-hybridized carbons (Fsp3) is 0.0508. The van der Waals surface area contributed by atoms with Gasteiger partial charge in [-0.3, -0.25) is 0 Å². The average molecular weight is 790 g/mol. The third-order valence-corrected chi connectivity index (χ3v) is 13.5. The lowest BCUT2D eigenvalue weighted by atomic mass is 9.81. The van der Waals surface area contributed by atoms with E-state index in [9.17, 15) is 0 Å². The molecule has 0 spiro atoms. The number of rotatable bonds is 4. The molecule has 2 aromatic heterocycles. The van der Waals surface area contributed by atoms with E-state index in [1.165, 1.54) is 87.1 Å². The fourth-order valence-corrected chi connectivity index (χ4v) is 10.5. The molecule has 0 saturated heterocycles. The van der Waals surface area contributed by atoms with E-state index in [-0.39, 0.29) is 5.41 Å². The van der Waals surface area contributed by atoms with Crippen molar-refractivity contribution in [1.82, 2.24) is 14.5 Å². The van der Waals surface area contributed by atoms with E-state index in [2.05, 4.69) is 206 Å². The molecule has 0 fully saturated rings. The Hall–Kier alpha value is -7.88. The average Bonchev–Trinajstić information content (AvgIpc) is 3.78. The van der Waals surface area contributed by atoms with E-state index in [4.69, 9.17) is 9.97 Å². The van der Waals surface area contributed by atoms with Gasteiger partial charge in [0, 0.05) is 44.0 Å². The van der Waals surface area contributed by atoms with E-state index < -0.39 is 0 Å². The summed E-state index contributed by atoms with van der Waals surface area (Å²) in [4.78, 5) is 10.5. The van der Waals surface area contributed by atoms with Crippen LogP contribution in [0.3, 0.4) is 0 Å². The van der Waals surface area contributed by atoms with Gasteiger partial charge < -0.3 is 4.57 Å². The third-order valence-electron chi connectivity index (χ3n) is 13.5. The van der Waals surface area contributed by atoms with Gasteiger partial charge in [0.05, 0.1) is 22.4 Å². The normalized spacial score (nSPS) is 13.1. The van der Waals surface area contributed by atoms with E-state index in [0.29, 0.717) is 5.82 Å². The Bertz CT molecular complexity index is 3760. The van der Waals surface area contributed by atoms with Crippen LogP contribution < -0.4 is 0 Å². The lowest BCUT2D eigenvalue weighted by Gasteiger charge is -2.23. The number of aromatic nitrogens is 3. The standard InChI is InChI=1S/C59H39N3/c1-59(2)52-33-48-45-27-14-12-25-43(45)42-24-11-13-26-44(42)47(48)31-49(52)50-32-51-46-29-28-36-16-9-10-23-41(36)57(46)62(56(51)34-53(50)59)40-22-15-21-39(30-40)58-60-54(37-17-5-3-6-18-37)35-55(61-58)38-19-7-4-8-20-38/h3-35H,1-2H3. The van der Waals surface area contributed by atoms with Gasteiger partial charge in [0.15, 0.2) is 5.82 Å². The van der Waals surface area contributed by atoms with Crippen LogP contribution in [0.15, 0.2) is 200 Å². The highest BCUT2D eigenvalue weighted by Crippen LogP contribution is 2.53. The van der Waals surface area contributed by atoms with Crippen molar-refractivity contribution < 1.29 is 0 Å². The molecule has 0 atom stereocenters. The maximum Gasteiger partial charge on any atom is 0.160 e. The summed E-state index contributed by atoms with van der Waals surface area (Å²) in [5.74, 6) is 0.697. The maximum absolute atomic E-state index is 5.23. The first kappa shape index (κ1) is 34.9. The molecule has 1 aliphatic rings. The molecule has 0 amide bonds. The fourth-order valence-electron chi connectivity index (χ4n) is 10.5. The van der Waals surface area contributed by atoms with Gasteiger partial charge in [-0.05, 0) is 102 Å². The minimum absolute atomic E-state index is 0.232. The van der Waals surface area contributed by atoms with Gasteiger partial charge in [-0.1, -0.05) is 172 Å². The van der Waals surface area contributed by atoms with Crippen LogP contribution in [-0.4, -0.2) is 14.5 Å². The first-order valence-electron chi connectivity index (χ1n) is 21.5. The molecule has 3 nitrogen and oxygen atoms in total. The predicted octanol–water partition coefficient (Wildman–Crippen LogP) is 15.5. The summed E-state index contributed by atoms with van der Waals surface area (Å²) in [6.07, 6.45) is 0. The van der Waals surface area contributed by atoms with Crippen molar-refractivity contribution in [3.05, 3.63) is 211 Å². The van der Waals surface area contributed by atoms with Gasteiger partial charge in [-0.15, -0.1) is 0 Å². The van der Waals surface area contributed by atoms with Gasteiger partial charge in [0.2, 0.25) is 0 Å². The highest BCUT2D eigenvalue weighted by Gasteiger charge is 2.37. The van der Waals surface area contributed by atoms with Crippen molar-refractivity contribution >= 4 is 64.9 Å². The van der Waals surface area contributed by atoms with Crippen LogP contribution >= 0.6 is 0 Å². The zero-order valence-electron chi connectivity index (χ0n) is 34.4. The smallest absolute Gasteiger partial charge is 0.160 e. The summed E-state index contributed by atoms with van der Waals surface area (Å²) in [6.45, 7) is 4.81. The quantitative estimate of drug-likeness (QED) is 0.166. The monoisotopic (exact) mass is 789 g/mol. The molecular formula is C59H39N3. The van der Waals surface area contributed by atoms with Gasteiger partial charge in [0.25, 0.3) is 0 Å². The third kappa shape index (κ3) is 5.06. The molecule has 290 valence electrons. The van der Waals surface area contributed by atoms with Gasteiger partial charge >= 0.3 is 0 Å². The Labute approximate surface area is 359 Å². The van der Waals surface area contributed by atoms with E-state index >= 15 is 0 Å². The van der Waals surface area contributed by atoms with Crippen molar-refractivity contribution in [2.75, 3.05) is 0 Å². The molecule has 62 heavy (non-hydrogen) atoms. The SMILES string of the molecule is CC1(C)c2cc3c4ccccc4c4ccccc4c3cc2-c2cc3c4ccc5ccccc5c4n(-c4cccc(-c5nc(-c6ccccc6)cc(-c6ccccc6)n5)c4)c3cc21. The molecule has 0 N–H and O–H groups in total. The van der Waals surface area contributed by atoms with Crippen LogP contribution in [0.25, 0.3) is 116 Å². The summed E-state index contributed by atoms with van der Waals surface area (Å²) in [7, 11) is 0. The number of benzene rings is 10. The molecule has 13 rings (SSSR count). The second-order valence-corrected chi connectivity index (χ2v) is 17.3. The first-order chi connectivity index (χ1) is 30.5. The molecule has 0 saturated carbocycles. The summed E-state index contributed by atoms with van der Waals surface area (Å²) in [5.41, 5.74) is 13.5. The van der Waals surface area contributed by atoms with Crippen LogP contribution in [-0.2, 0) is 5.41 Å². The van der Waals surface area contributed by atoms with Crippen LogP contribution in [0.1, 0.15) is 25.0 Å². The molecule has 12 aromatic rings. The van der Waals surface area contributed by atoms with Crippen LogP contribution in [0, 0.1) is 0 Å². The maximum atomic E-state index is 5.23. The highest BCUT2D eigenvalue weighted by atomic mass is 15.0. The largest absolute Gasteiger partial charge is 0.309 e. The summed E-state index contributed by atoms with van der Waals surface area (Å²) in [5, 5.41) is 12.8. The lowest BCUT2D eigenvalue weighted by molar-refractivity contribution is 0.662. The van der Waals surface area contributed by atoms with Crippen molar-refractivity contribution in [1.29, 1.82) is 0 Å². The Morgan fingerprint density at radius 2 is 0.887 bits per heavy atom. The summed E-state index contributed by atoms with van der Waals surface area (Å²) >= 11 is 0.